The molecule has 1 saturated heterocycles. The van der Waals surface area contributed by atoms with Crippen molar-refractivity contribution in [1.29, 1.82) is 0 Å². The zero-order chi connectivity index (χ0) is 24.9. The molecule has 4 nitrogen and oxygen atoms in total. The number of hydrogen-bond acceptors (Lipinski definition) is 3. The highest BCUT2D eigenvalue weighted by Crippen LogP contribution is 2.39. The van der Waals surface area contributed by atoms with Crippen LogP contribution in [0.25, 0.3) is 0 Å². The molecule has 3 aromatic carbocycles. The molecule has 0 aliphatic carbocycles. The van der Waals surface area contributed by atoms with Crippen LogP contribution in [-0.4, -0.2) is 50.8 Å². The summed E-state index contributed by atoms with van der Waals surface area (Å²) in [5.74, 6) is 0.696. The molecule has 35 heavy (non-hydrogen) atoms. The zero-order valence-corrected chi connectivity index (χ0v) is 22.0. The molecule has 0 spiro atoms. The van der Waals surface area contributed by atoms with Crippen molar-refractivity contribution in [3.8, 4) is 0 Å². The average molecular weight is 491 g/mol. The third-order valence-corrected chi connectivity index (χ3v) is 9.36. The van der Waals surface area contributed by atoms with E-state index in [1.165, 1.54) is 28.3 Å². The van der Waals surface area contributed by atoms with E-state index < -0.39 is 10.0 Å². The standard InChI is InChI=1S/C30H38N2O2S/c1-30(2,24-32-21-19-26(20-22-32)25-13-7-4-8-14-25)29(27-15-9-5-10-16-27)23-31(3)35(33,34)28-17-11-6-12-18-28/h4-18,26,29H,19-24H2,1-3H3. The number of hydrogen-bond donors (Lipinski definition) is 0. The summed E-state index contributed by atoms with van der Waals surface area (Å²) in [7, 11) is -1.85. The summed E-state index contributed by atoms with van der Waals surface area (Å²) in [6, 6.07) is 30.0. The molecular weight excluding hydrogens is 452 g/mol. The maximum Gasteiger partial charge on any atom is 0.242 e. The van der Waals surface area contributed by atoms with Gasteiger partial charge < -0.3 is 4.90 Å². The van der Waals surface area contributed by atoms with Gasteiger partial charge in [0.1, 0.15) is 0 Å². The first-order valence-corrected chi connectivity index (χ1v) is 14.0. The van der Waals surface area contributed by atoms with Crippen LogP contribution in [0.15, 0.2) is 95.9 Å². The quantitative estimate of drug-likeness (QED) is 0.370. The van der Waals surface area contributed by atoms with Gasteiger partial charge in [0, 0.05) is 26.1 Å². The molecule has 5 heteroatoms. The molecule has 1 atom stereocenters. The van der Waals surface area contributed by atoms with Crippen LogP contribution in [0.3, 0.4) is 0 Å². The Morgan fingerprint density at radius 3 is 1.94 bits per heavy atom. The highest BCUT2D eigenvalue weighted by molar-refractivity contribution is 7.89. The number of likely N-dealkylation sites (tertiary alicyclic amines) is 1. The normalized spacial score (nSPS) is 16.9. The number of nitrogens with zero attached hydrogens (tertiary/aromatic N) is 2. The van der Waals surface area contributed by atoms with Crippen molar-refractivity contribution in [3.63, 3.8) is 0 Å². The van der Waals surface area contributed by atoms with Crippen molar-refractivity contribution >= 4 is 10.0 Å². The van der Waals surface area contributed by atoms with E-state index in [0.29, 0.717) is 17.4 Å². The predicted molar refractivity (Wildman–Crippen MR) is 144 cm³/mol. The maximum atomic E-state index is 13.3. The van der Waals surface area contributed by atoms with Crippen LogP contribution < -0.4 is 0 Å². The van der Waals surface area contributed by atoms with Gasteiger partial charge in [-0.1, -0.05) is 92.7 Å². The highest BCUT2D eigenvalue weighted by atomic mass is 32.2. The van der Waals surface area contributed by atoms with E-state index in [1.807, 2.05) is 12.1 Å². The lowest BCUT2D eigenvalue weighted by molar-refractivity contribution is 0.118. The van der Waals surface area contributed by atoms with E-state index in [-0.39, 0.29) is 11.3 Å². The second kappa shape index (κ2) is 11.1. The van der Waals surface area contributed by atoms with E-state index in [4.69, 9.17) is 0 Å². The lowest BCUT2D eigenvalue weighted by Gasteiger charge is -2.42. The molecule has 0 radical (unpaired) electrons. The van der Waals surface area contributed by atoms with Gasteiger partial charge in [0.15, 0.2) is 0 Å². The van der Waals surface area contributed by atoms with Gasteiger partial charge in [0.05, 0.1) is 4.90 Å². The number of piperidine rings is 1. The van der Waals surface area contributed by atoms with Gasteiger partial charge >= 0.3 is 0 Å². The van der Waals surface area contributed by atoms with Gasteiger partial charge in [-0.15, -0.1) is 0 Å². The highest BCUT2D eigenvalue weighted by Gasteiger charge is 2.36. The van der Waals surface area contributed by atoms with Crippen LogP contribution in [0.1, 0.15) is 49.7 Å². The molecule has 0 amide bonds. The van der Waals surface area contributed by atoms with Crippen LogP contribution in [0, 0.1) is 5.41 Å². The summed E-state index contributed by atoms with van der Waals surface area (Å²) in [6.07, 6.45) is 2.33. The van der Waals surface area contributed by atoms with Crippen molar-refractivity contribution in [1.82, 2.24) is 9.21 Å². The molecule has 186 valence electrons. The Bertz CT molecular complexity index is 1160. The third kappa shape index (κ3) is 6.21. The first kappa shape index (κ1) is 25.6. The molecule has 0 aromatic heterocycles. The Labute approximate surface area is 211 Å². The molecule has 4 rings (SSSR count). The summed E-state index contributed by atoms with van der Waals surface area (Å²) in [6.45, 7) is 8.10. The Morgan fingerprint density at radius 2 is 1.37 bits per heavy atom. The Kier molecular flexibility index (Phi) is 8.10. The van der Waals surface area contributed by atoms with E-state index >= 15 is 0 Å². The first-order chi connectivity index (χ1) is 16.8. The fourth-order valence-corrected chi connectivity index (χ4v) is 6.66. The molecule has 1 aliphatic rings. The molecule has 0 bridgehead atoms. The van der Waals surface area contributed by atoms with Crippen LogP contribution in [0.5, 0.6) is 0 Å². The SMILES string of the molecule is CN(CC(c1ccccc1)C(C)(C)CN1CCC(c2ccccc2)CC1)S(=O)(=O)c1ccccc1. The topological polar surface area (TPSA) is 40.6 Å². The molecule has 0 N–H and O–H groups in total. The minimum absolute atomic E-state index is 0.0686. The van der Waals surface area contributed by atoms with Crippen molar-refractivity contribution in [2.75, 3.05) is 33.2 Å². The summed E-state index contributed by atoms with van der Waals surface area (Å²) in [4.78, 5) is 2.91. The van der Waals surface area contributed by atoms with Crippen LogP contribution in [0.2, 0.25) is 0 Å². The van der Waals surface area contributed by atoms with Gasteiger partial charge in [-0.2, -0.15) is 0 Å². The average Bonchev–Trinajstić information content (AvgIpc) is 2.88. The molecule has 1 fully saturated rings. The summed E-state index contributed by atoms with van der Waals surface area (Å²) in [5.41, 5.74) is 2.52. The van der Waals surface area contributed by atoms with E-state index in [0.717, 1.165) is 19.6 Å². The fourth-order valence-electron chi connectivity index (χ4n) is 5.45. The van der Waals surface area contributed by atoms with Crippen molar-refractivity contribution in [2.24, 2.45) is 5.41 Å². The number of likely N-dealkylation sites (N-methyl/N-ethyl adjacent to an activating group) is 1. The summed E-state index contributed by atoms with van der Waals surface area (Å²) < 4.78 is 28.1. The van der Waals surface area contributed by atoms with Crippen LogP contribution in [-0.2, 0) is 10.0 Å². The summed E-state index contributed by atoms with van der Waals surface area (Å²) in [5, 5.41) is 0. The van der Waals surface area contributed by atoms with E-state index in [9.17, 15) is 8.42 Å². The minimum Gasteiger partial charge on any atom is -0.303 e. The van der Waals surface area contributed by atoms with Gasteiger partial charge in [-0.25, -0.2) is 12.7 Å². The molecule has 1 unspecified atom stereocenters. The Hall–Kier alpha value is -2.47. The maximum absolute atomic E-state index is 13.3. The van der Waals surface area contributed by atoms with Crippen molar-refractivity contribution < 1.29 is 8.42 Å². The third-order valence-electron chi connectivity index (χ3n) is 7.53. The van der Waals surface area contributed by atoms with Gasteiger partial charge in [0.25, 0.3) is 0 Å². The van der Waals surface area contributed by atoms with Crippen LogP contribution in [0.4, 0.5) is 0 Å². The lowest BCUT2D eigenvalue weighted by atomic mass is 9.74. The molecule has 3 aromatic rings. The van der Waals surface area contributed by atoms with E-state index in [1.54, 1.807) is 31.3 Å². The van der Waals surface area contributed by atoms with Gasteiger partial charge in [-0.05, 0) is 60.5 Å². The monoisotopic (exact) mass is 490 g/mol. The van der Waals surface area contributed by atoms with Crippen molar-refractivity contribution in [2.45, 2.75) is 43.4 Å². The van der Waals surface area contributed by atoms with Gasteiger partial charge in [0.2, 0.25) is 10.0 Å². The Morgan fingerprint density at radius 1 is 0.857 bits per heavy atom. The largest absolute Gasteiger partial charge is 0.303 e. The molecule has 1 aliphatic heterocycles. The lowest BCUT2D eigenvalue weighted by Crippen LogP contribution is -2.45. The first-order valence-electron chi connectivity index (χ1n) is 12.6. The number of sulfonamides is 1. The molecule has 0 saturated carbocycles. The number of benzene rings is 3. The predicted octanol–water partition coefficient (Wildman–Crippen LogP) is 6.00. The smallest absolute Gasteiger partial charge is 0.242 e. The van der Waals surface area contributed by atoms with Crippen molar-refractivity contribution in [3.05, 3.63) is 102 Å². The molecule has 1 heterocycles. The molecular formula is C30H38N2O2S. The summed E-state index contributed by atoms with van der Waals surface area (Å²) >= 11 is 0. The Balaban J connectivity index is 1.49. The van der Waals surface area contributed by atoms with E-state index in [2.05, 4.69) is 73.3 Å². The fraction of sp³-hybridized carbons (Fsp3) is 0.400. The van der Waals surface area contributed by atoms with Gasteiger partial charge in [-0.3, -0.25) is 0 Å². The second-order valence-electron chi connectivity index (χ2n) is 10.5. The van der Waals surface area contributed by atoms with Crippen LogP contribution >= 0.6 is 0 Å². The second-order valence-corrected chi connectivity index (χ2v) is 12.6. The number of rotatable bonds is 9. The minimum atomic E-state index is -3.55. The zero-order valence-electron chi connectivity index (χ0n) is 21.2.